The van der Waals surface area contributed by atoms with Crippen molar-refractivity contribution in [2.45, 2.75) is 13.1 Å². The van der Waals surface area contributed by atoms with Crippen molar-refractivity contribution >= 4 is 11.9 Å². The number of halogens is 1. The number of pyridine rings is 1. The Morgan fingerprint density at radius 1 is 1.13 bits per heavy atom. The fraction of sp³-hybridized carbons (Fsp3) is 0.188. The summed E-state index contributed by atoms with van der Waals surface area (Å²) in [6.45, 7) is 0.862. The normalized spacial score (nSPS) is 13.8. The number of carbonyl (C=O) groups excluding carboxylic acids is 1. The molecule has 0 radical (unpaired) electrons. The molecule has 1 N–H and O–H groups in total. The van der Waals surface area contributed by atoms with Gasteiger partial charge in [-0.3, -0.25) is 9.59 Å². The van der Waals surface area contributed by atoms with E-state index in [1.54, 1.807) is 12.1 Å². The van der Waals surface area contributed by atoms with Crippen molar-refractivity contribution in [3.63, 3.8) is 0 Å². The van der Waals surface area contributed by atoms with Crippen LogP contribution in [0.15, 0.2) is 41.2 Å². The Kier molecular flexibility index (Phi) is 3.69. The van der Waals surface area contributed by atoms with E-state index >= 15 is 0 Å². The molecule has 0 saturated carbocycles. The lowest BCUT2D eigenvalue weighted by Crippen LogP contribution is -2.42. The fourth-order valence-electron chi connectivity index (χ4n) is 2.64. The molecule has 1 aliphatic heterocycles. The first-order valence-electron chi connectivity index (χ1n) is 6.97. The summed E-state index contributed by atoms with van der Waals surface area (Å²) in [4.78, 5) is 36.9. The summed E-state index contributed by atoms with van der Waals surface area (Å²) in [5, 5.41) is 9.16. The molecule has 0 aliphatic carbocycles. The summed E-state index contributed by atoms with van der Waals surface area (Å²) in [7, 11) is 0. The van der Waals surface area contributed by atoms with Gasteiger partial charge in [-0.25, -0.2) is 9.18 Å². The van der Waals surface area contributed by atoms with Gasteiger partial charge in [0.05, 0.1) is 0 Å². The quantitative estimate of drug-likeness (QED) is 0.927. The van der Waals surface area contributed by atoms with E-state index in [2.05, 4.69) is 0 Å². The molecule has 7 heteroatoms. The van der Waals surface area contributed by atoms with Crippen LogP contribution in [0.25, 0.3) is 0 Å². The number of carboxylic acids is 1. The largest absolute Gasteiger partial charge is 0.477 e. The Morgan fingerprint density at radius 3 is 2.48 bits per heavy atom. The molecular formula is C16H13FN2O4. The predicted molar refractivity (Wildman–Crippen MR) is 78.8 cm³/mol. The number of nitrogens with zero attached hydrogens (tertiary/aromatic N) is 2. The average Bonchev–Trinajstić information content (AvgIpc) is 2.52. The minimum absolute atomic E-state index is 0.0586. The lowest BCUT2D eigenvalue weighted by molar-refractivity contribution is 0.0653. The molecule has 1 amide bonds. The van der Waals surface area contributed by atoms with Crippen LogP contribution in [-0.4, -0.2) is 33.0 Å². The summed E-state index contributed by atoms with van der Waals surface area (Å²) < 4.78 is 14.3. The van der Waals surface area contributed by atoms with Crippen LogP contribution in [0.5, 0.6) is 0 Å². The number of amides is 1. The Bertz CT molecular complexity index is 842. The number of hydrogen-bond acceptors (Lipinski definition) is 3. The number of hydrogen-bond donors (Lipinski definition) is 1. The van der Waals surface area contributed by atoms with Gasteiger partial charge in [-0.2, -0.15) is 0 Å². The third-order valence-electron chi connectivity index (χ3n) is 3.75. The first-order chi connectivity index (χ1) is 11.0. The third-order valence-corrected chi connectivity index (χ3v) is 3.75. The summed E-state index contributed by atoms with van der Waals surface area (Å²) >= 11 is 0. The molecule has 2 heterocycles. The highest BCUT2D eigenvalue weighted by atomic mass is 19.1. The maximum absolute atomic E-state index is 12.9. The number of fused-ring (bicyclic) bond motifs is 1. The van der Waals surface area contributed by atoms with Gasteiger partial charge in [-0.15, -0.1) is 0 Å². The van der Waals surface area contributed by atoms with E-state index in [9.17, 15) is 18.8 Å². The lowest BCUT2D eigenvalue weighted by Gasteiger charge is -2.30. The molecule has 1 aromatic carbocycles. The maximum Gasteiger partial charge on any atom is 0.352 e. The third kappa shape index (κ3) is 2.85. The van der Waals surface area contributed by atoms with E-state index < -0.39 is 17.3 Å². The first kappa shape index (κ1) is 15.0. The van der Waals surface area contributed by atoms with Crippen LogP contribution in [0.1, 0.15) is 26.5 Å². The molecule has 0 spiro atoms. The van der Waals surface area contributed by atoms with Gasteiger partial charge in [0.25, 0.3) is 5.91 Å². The Morgan fingerprint density at radius 2 is 1.83 bits per heavy atom. The zero-order valence-electron chi connectivity index (χ0n) is 12.0. The van der Waals surface area contributed by atoms with Gasteiger partial charge in [-0.05, 0) is 17.7 Å². The molecule has 6 nitrogen and oxygen atoms in total. The number of benzene rings is 1. The molecule has 0 atom stereocenters. The highest BCUT2D eigenvalue weighted by Crippen LogP contribution is 2.16. The second kappa shape index (κ2) is 5.68. The molecule has 23 heavy (non-hydrogen) atoms. The van der Waals surface area contributed by atoms with Crippen molar-refractivity contribution in [1.82, 2.24) is 9.47 Å². The zero-order chi connectivity index (χ0) is 16.6. The van der Waals surface area contributed by atoms with Crippen molar-refractivity contribution in [3.05, 3.63) is 69.4 Å². The molecular weight excluding hydrogens is 303 g/mol. The van der Waals surface area contributed by atoms with Crippen LogP contribution in [0.4, 0.5) is 4.39 Å². The summed E-state index contributed by atoms with van der Waals surface area (Å²) in [5.41, 5.74) is 0.0983. The monoisotopic (exact) mass is 316 g/mol. The van der Waals surface area contributed by atoms with Crippen LogP contribution in [0, 0.1) is 5.82 Å². The smallest absolute Gasteiger partial charge is 0.352 e. The van der Waals surface area contributed by atoms with Crippen LogP contribution >= 0.6 is 0 Å². The van der Waals surface area contributed by atoms with E-state index in [0.717, 1.165) is 17.7 Å². The van der Waals surface area contributed by atoms with Crippen molar-refractivity contribution in [2.24, 2.45) is 0 Å². The summed E-state index contributed by atoms with van der Waals surface area (Å²) in [6.07, 6.45) is 0. The van der Waals surface area contributed by atoms with Gasteiger partial charge >= 0.3 is 5.97 Å². The Labute approximate surface area is 130 Å². The van der Waals surface area contributed by atoms with Gasteiger partial charge < -0.3 is 14.6 Å². The van der Waals surface area contributed by atoms with Gasteiger partial charge in [0.1, 0.15) is 17.2 Å². The summed E-state index contributed by atoms with van der Waals surface area (Å²) in [5.74, 6) is -2.02. The number of carbonyl (C=O) groups is 2. The molecule has 0 saturated heterocycles. The van der Waals surface area contributed by atoms with E-state index in [1.807, 2.05) is 0 Å². The molecule has 3 rings (SSSR count). The molecule has 0 unspecified atom stereocenters. The zero-order valence-corrected chi connectivity index (χ0v) is 12.0. The highest BCUT2D eigenvalue weighted by Gasteiger charge is 2.27. The second-order valence-electron chi connectivity index (χ2n) is 5.27. The van der Waals surface area contributed by atoms with E-state index in [4.69, 9.17) is 5.11 Å². The van der Waals surface area contributed by atoms with Crippen LogP contribution in [0.2, 0.25) is 0 Å². The van der Waals surface area contributed by atoms with Gasteiger partial charge in [0, 0.05) is 31.8 Å². The average molecular weight is 316 g/mol. The van der Waals surface area contributed by atoms with E-state index in [1.165, 1.54) is 21.6 Å². The second-order valence-corrected chi connectivity index (χ2v) is 5.27. The number of aromatic carboxylic acids is 1. The van der Waals surface area contributed by atoms with Crippen molar-refractivity contribution in [1.29, 1.82) is 0 Å². The number of rotatable bonds is 3. The highest BCUT2D eigenvalue weighted by molar-refractivity contribution is 5.95. The molecule has 1 aliphatic rings. The van der Waals surface area contributed by atoms with Gasteiger partial charge in [0.15, 0.2) is 5.43 Å². The topological polar surface area (TPSA) is 79.6 Å². The molecule has 1 aromatic heterocycles. The predicted octanol–water partition coefficient (Wildman–Crippen LogP) is 1.34. The molecule has 2 aromatic rings. The summed E-state index contributed by atoms with van der Waals surface area (Å²) in [6, 6.07) is 7.94. The van der Waals surface area contributed by atoms with E-state index in [0.29, 0.717) is 6.54 Å². The first-order valence-corrected chi connectivity index (χ1v) is 6.97. The SMILES string of the molecule is O=C(O)c1cc(=O)cc2n1CCN(Cc1ccc(F)cc1)C2=O. The van der Waals surface area contributed by atoms with Crippen molar-refractivity contribution < 1.29 is 19.1 Å². The van der Waals surface area contributed by atoms with Crippen molar-refractivity contribution in [2.75, 3.05) is 6.54 Å². The van der Waals surface area contributed by atoms with Crippen LogP contribution in [0.3, 0.4) is 0 Å². The van der Waals surface area contributed by atoms with E-state index in [-0.39, 0.29) is 30.3 Å². The van der Waals surface area contributed by atoms with Crippen LogP contribution in [-0.2, 0) is 13.1 Å². The van der Waals surface area contributed by atoms with Gasteiger partial charge in [0.2, 0.25) is 0 Å². The Hall–Kier alpha value is -2.96. The lowest BCUT2D eigenvalue weighted by atomic mass is 10.1. The molecule has 0 bridgehead atoms. The Balaban J connectivity index is 1.93. The molecule has 118 valence electrons. The number of carboxylic acid groups (broad SMARTS) is 1. The number of aromatic nitrogens is 1. The van der Waals surface area contributed by atoms with Gasteiger partial charge in [-0.1, -0.05) is 12.1 Å². The minimum atomic E-state index is -1.25. The minimum Gasteiger partial charge on any atom is -0.477 e. The maximum atomic E-state index is 12.9. The fourth-order valence-corrected chi connectivity index (χ4v) is 2.64. The molecule has 0 fully saturated rings. The van der Waals surface area contributed by atoms with Crippen LogP contribution < -0.4 is 5.43 Å². The van der Waals surface area contributed by atoms with Crippen molar-refractivity contribution in [3.8, 4) is 0 Å². The standard InChI is InChI=1S/C16H13FN2O4/c17-11-3-1-10(2-4-11)9-18-5-6-19-13(15(18)21)7-12(20)8-14(19)16(22)23/h1-4,7-8H,5-6,9H2,(H,22,23).